The van der Waals surface area contributed by atoms with Crippen LogP contribution in [-0.4, -0.2) is 49.8 Å². The maximum absolute atomic E-state index is 5.23. The predicted octanol–water partition coefficient (Wildman–Crippen LogP) is 22.1. The SMILES string of the molecule is c1ccc(-c2nc(-c3ccccc3)nc(-c3ccc4ccc(-c5ccc6ccc(-c7ccc8ccccc8c7)nc6c5)cc4n3)n2)cc1.c1ccc(-c2nc(-c3ccccc3)nc(-c3ccc4ccc(-c5ccc6ccc(-c7cccc8ccc9ccccc9c78)nc6c5)cc4n3)n2)cc1. The summed E-state index contributed by atoms with van der Waals surface area (Å²) in [5, 5.41) is 11.6. The van der Waals surface area contributed by atoms with E-state index in [2.05, 4.69) is 206 Å². The lowest BCUT2D eigenvalue weighted by Crippen LogP contribution is -2.01. The molecule has 10 heteroatoms. The molecule has 0 bridgehead atoms. The molecule has 6 heterocycles. The van der Waals surface area contributed by atoms with Gasteiger partial charge in [0.05, 0.1) is 33.5 Å². The summed E-state index contributed by atoms with van der Waals surface area (Å²) in [4.78, 5) is 49.7. The Morgan fingerprint density at radius 3 is 0.920 bits per heavy atom. The molecule has 0 unspecified atom stereocenters. The topological polar surface area (TPSA) is 129 Å². The van der Waals surface area contributed by atoms with Crippen LogP contribution >= 0.6 is 0 Å². The Kier molecular flexibility index (Phi) is 15.0. The van der Waals surface area contributed by atoms with Gasteiger partial charge in [0.25, 0.3) is 0 Å². The van der Waals surface area contributed by atoms with E-state index in [-0.39, 0.29) is 0 Å². The number of benzene rings is 13. The largest absolute Gasteiger partial charge is 0.248 e. The van der Waals surface area contributed by atoms with Crippen molar-refractivity contribution in [2.24, 2.45) is 0 Å². The molecule has 13 aromatic carbocycles. The standard InChI is InChI=1S/C47H29N5.C43H27N5/c1-3-11-34(12-4-1)45-50-46(35-13-5-2-6-14-35)52-47(51-45)41-27-25-32-20-23-37(29-43(32)49-41)36-22-19-31-24-26-40(48-42(31)28-36)39-17-9-15-33-21-18-30-10-7-8-16-38(30)44(33)39;1-3-10-31(11-4-1)41-46-42(32-12-5-2-6-13-32)48-43(47-41)38-24-22-30-17-19-35(27-40(30)45-38)34-18-16-29-21-23-37(44-39(29)26-34)36-20-15-28-9-7-8-14-33(28)25-36/h1-29H;1-27H. The molecule has 10 nitrogen and oxygen atoms in total. The number of hydrogen-bond acceptors (Lipinski definition) is 10. The molecule has 0 atom stereocenters. The minimum Gasteiger partial charge on any atom is -0.248 e. The lowest BCUT2D eigenvalue weighted by Gasteiger charge is -2.11. The lowest BCUT2D eigenvalue weighted by atomic mass is 9.95. The van der Waals surface area contributed by atoms with Gasteiger partial charge in [-0.1, -0.05) is 285 Å². The summed E-state index contributed by atoms with van der Waals surface area (Å²) in [5.74, 6) is 3.51. The van der Waals surface area contributed by atoms with Crippen molar-refractivity contribution < 1.29 is 0 Å². The maximum atomic E-state index is 5.23. The number of aromatic nitrogens is 10. The number of rotatable bonds is 10. The highest BCUT2D eigenvalue weighted by atomic mass is 15.1. The Morgan fingerprint density at radius 1 is 0.150 bits per heavy atom. The zero-order chi connectivity index (χ0) is 66.3. The second-order valence-electron chi connectivity index (χ2n) is 24.7. The smallest absolute Gasteiger partial charge is 0.182 e. The summed E-state index contributed by atoms with van der Waals surface area (Å²) in [6, 6.07) is 117. The first-order valence-corrected chi connectivity index (χ1v) is 33.3. The molecule has 19 aromatic rings. The zero-order valence-electron chi connectivity index (χ0n) is 53.8. The van der Waals surface area contributed by atoms with Crippen LogP contribution in [0, 0.1) is 0 Å². The summed E-state index contributed by atoms with van der Waals surface area (Å²) in [6.45, 7) is 0. The fraction of sp³-hybridized carbons (Fsp3) is 0. The Labute approximate surface area is 575 Å². The van der Waals surface area contributed by atoms with Crippen LogP contribution in [0.1, 0.15) is 0 Å². The van der Waals surface area contributed by atoms with Crippen molar-refractivity contribution in [3.8, 4) is 113 Å². The second-order valence-corrected chi connectivity index (χ2v) is 24.7. The molecular weight excluding hydrogens is 1220 g/mol. The van der Waals surface area contributed by atoms with Gasteiger partial charge in [-0.3, -0.25) is 0 Å². The Bertz CT molecular complexity index is 6240. The molecule has 0 aliphatic rings. The molecule has 6 aromatic heterocycles. The first-order chi connectivity index (χ1) is 49.5. The normalized spacial score (nSPS) is 11.4. The number of hydrogen-bond donors (Lipinski definition) is 0. The van der Waals surface area contributed by atoms with Crippen molar-refractivity contribution in [2.75, 3.05) is 0 Å². The van der Waals surface area contributed by atoms with E-state index in [4.69, 9.17) is 49.8 Å². The molecule has 0 saturated carbocycles. The van der Waals surface area contributed by atoms with Gasteiger partial charge in [-0.25, -0.2) is 49.8 Å². The van der Waals surface area contributed by atoms with E-state index in [1.165, 1.54) is 32.3 Å². The number of fused-ring (bicyclic) bond motifs is 8. The molecule has 0 N–H and O–H groups in total. The van der Waals surface area contributed by atoms with Gasteiger partial charge in [0, 0.05) is 54.9 Å². The molecule has 0 fully saturated rings. The highest BCUT2D eigenvalue weighted by Crippen LogP contribution is 2.37. The van der Waals surface area contributed by atoms with Gasteiger partial charge >= 0.3 is 0 Å². The fourth-order valence-electron chi connectivity index (χ4n) is 13.2. The first-order valence-electron chi connectivity index (χ1n) is 33.3. The van der Waals surface area contributed by atoms with Crippen molar-refractivity contribution in [3.63, 3.8) is 0 Å². The molecule has 466 valence electrons. The van der Waals surface area contributed by atoms with Crippen LogP contribution in [0.2, 0.25) is 0 Å². The van der Waals surface area contributed by atoms with E-state index >= 15 is 0 Å². The zero-order valence-corrected chi connectivity index (χ0v) is 53.8. The number of pyridine rings is 4. The average molecular weight is 1280 g/mol. The lowest BCUT2D eigenvalue weighted by molar-refractivity contribution is 1.06. The summed E-state index contributed by atoms with van der Waals surface area (Å²) < 4.78 is 0. The quantitative estimate of drug-likeness (QED) is 0.122. The average Bonchev–Trinajstić information content (AvgIpc) is 0.763. The van der Waals surface area contributed by atoms with Gasteiger partial charge in [-0.15, -0.1) is 0 Å². The highest BCUT2D eigenvalue weighted by Gasteiger charge is 2.18. The van der Waals surface area contributed by atoms with Crippen molar-refractivity contribution in [2.45, 2.75) is 0 Å². The Hall–Kier alpha value is -13.7. The third-order valence-corrected chi connectivity index (χ3v) is 18.4. The van der Waals surface area contributed by atoms with E-state index in [0.29, 0.717) is 46.3 Å². The van der Waals surface area contributed by atoms with Crippen LogP contribution in [0.25, 0.3) is 189 Å². The van der Waals surface area contributed by atoms with Gasteiger partial charge in [0.1, 0.15) is 11.4 Å². The van der Waals surface area contributed by atoms with E-state index in [1.807, 2.05) is 133 Å². The third kappa shape index (κ3) is 11.6. The van der Waals surface area contributed by atoms with Gasteiger partial charge in [-0.2, -0.15) is 0 Å². The Morgan fingerprint density at radius 2 is 0.460 bits per heavy atom. The van der Waals surface area contributed by atoms with E-state index < -0.39 is 0 Å². The van der Waals surface area contributed by atoms with Gasteiger partial charge < -0.3 is 0 Å². The molecule has 0 aliphatic carbocycles. The predicted molar refractivity (Wildman–Crippen MR) is 408 cm³/mol. The van der Waals surface area contributed by atoms with Crippen molar-refractivity contribution in [3.05, 3.63) is 340 Å². The van der Waals surface area contributed by atoms with Gasteiger partial charge in [0.15, 0.2) is 34.9 Å². The van der Waals surface area contributed by atoms with Crippen LogP contribution in [0.4, 0.5) is 0 Å². The highest BCUT2D eigenvalue weighted by molar-refractivity contribution is 6.14. The van der Waals surface area contributed by atoms with E-state index in [1.54, 1.807) is 0 Å². The monoisotopic (exact) mass is 1280 g/mol. The molecular formula is C90H56N10. The van der Waals surface area contributed by atoms with E-state index in [0.717, 1.165) is 111 Å². The molecule has 0 amide bonds. The van der Waals surface area contributed by atoms with Crippen LogP contribution in [0.5, 0.6) is 0 Å². The van der Waals surface area contributed by atoms with Crippen LogP contribution in [-0.2, 0) is 0 Å². The molecule has 0 saturated heterocycles. The maximum Gasteiger partial charge on any atom is 0.182 e. The van der Waals surface area contributed by atoms with E-state index in [9.17, 15) is 0 Å². The summed E-state index contributed by atoms with van der Waals surface area (Å²) in [5.41, 5.74) is 17.1. The van der Waals surface area contributed by atoms with Crippen molar-refractivity contribution >= 4 is 75.9 Å². The Balaban J connectivity index is 0.000000145. The van der Waals surface area contributed by atoms with Crippen molar-refractivity contribution in [1.82, 2.24) is 49.8 Å². The van der Waals surface area contributed by atoms with Crippen LogP contribution in [0.3, 0.4) is 0 Å². The molecule has 0 aliphatic heterocycles. The van der Waals surface area contributed by atoms with Crippen LogP contribution < -0.4 is 0 Å². The molecule has 0 radical (unpaired) electrons. The summed E-state index contributed by atoms with van der Waals surface area (Å²) in [7, 11) is 0. The summed E-state index contributed by atoms with van der Waals surface area (Å²) >= 11 is 0. The van der Waals surface area contributed by atoms with Gasteiger partial charge in [0.2, 0.25) is 0 Å². The minimum absolute atomic E-state index is 0.531. The number of nitrogens with zero attached hydrogens (tertiary/aromatic N) is 10. The van der Waals surface area contributed by atoms with Crippen molar-refractivity contribution in [1.29, 1.82) is 0 Å². The molecule has 0 spiro atoms. The molecule has 100 heavy (non-hydrogen) atoms. The van der Waals surface area contributed by atoms with Crippen LogP contribution in [0.15, 0.2) is 340 Å². The molecule has 19 rings (SSSR count). The minimum atomic E-state index is 0.531. The van der Waals surface area contributed by atoms with Gasteiger partial charge in [-0.05, 0) is 109 Å². The summed E-state index contributed by atoms with van der Waals surface area (Å²) in [6.07, 6.45) is 0. The fourth-order valence-corrected chi connectivity index (χ4v) is 13.2. The third-order valence-electron chi connectivity index (χ3n) is 18.4. The first kappa shape index (κ1) is 58.8. The second kappa shape index (κ2) is 25.5.